The zero-order chi connectivity index (χ0) is 17.8. The van der Waals surface area contributed by atoms with E-state index in [9.17, 15) is 0 Å². The number of aromatic nitrogens is 5. The quantitative estimate of drug-likeness (QED) is 0.705. The monoisotopic (exact) mass is 350 g/mol. The normalized spacial score (nSPS) is 15.9. The van der Waals surface area contributed by atoms with Crippen molar-refractivity contribution in [2.24, 2.45) is 7.05 Å². The van der Waals surface area contributed by atoms with Gasteiger partial charge in [0.1, 0.15) is 17.3 Å². The average molecular weight is 350 g/mol. The maximum atomic E-state index is 5.93. The highest BCUT2D eigenvalue weighted by Gasteiger charge is 2.25. The molecule has 0 spiro atoms. The SMILES string of the molecule is Cn1ccnc1CN1CCC(c2nccnc2Oc2cccnc2)CC1. The number of nitrogens with zero attached hydrogens (tertiary/aromatic N) is 6. The Kier molecular flexibility index (Phi) is 4.88. The van der Waals surface area contributed by atoms with E-state index in [0.717, 1.165) is 44.0 Å². The Labute approximate surface area is 152 Å². The molecule has 0 aliphatic carbocycles. The molecule has 3 aromatic heterocycles. The highest BCUT2D eigenvalue weighted by Crippen LogP contribution is 2.33. The van der Waals surface area contributed by atoms with Gasteiger partial charge in [-0.25, -0.2) is 9.97 Å². The summed E-state index contributed by atoms with van der Waals surface area (Å²) in [4.78, 5) is 19.9. The second-order valence-electron chi connectivity index (χ2n) is 6.54. The lowest BCUT2D eigenvalue weighted by molar-refractivity contribution is 0.196. The smallest absolute Gasteiger partial charge is 0.241 e. The largest absolute Gasteiger partial charge is 0.436 e. The lowest BCUT2D eigenvalue weighted by atomic mass is 9.93. The molecule has 1 saturated heterocycles. The summed E-state index contributed by atoms with van der Waals surface area (Å²) in [5.74, 6) is 2.72. The number of hydrogen-bond donors (Lipinski definition) is 0. The van der Waals surface area contributed by atoms with Crippen molar-refractivity contribution in [3.8, 4) is 11.6 Å². The van der Waals surface area contributed by atoms with Crippen molar-refractivity contribution >= 4 is 0 Å². The summed E-state index contributed by atoms with van der Waals surface area (Å²) >= 11 is 0. The van der Waals surface area contributed by atoms with Gasteiger partial charge < -0.3 is 9.30 Å². The Morgan fingerprint density at radius 3 is 2.65 bits per heavy atom. The molecule has 26 heavy (non-hydrogen) atoms. The van der Waals surface area contributed by atoms with Gasteiger partial charge in [-0.15, -0.1) is 0 Å². The number of rotatable bonds is 5. The third-order valence-electron chi connectivity index (χ3n) is 4.80. The Morgan fingerprint density at radius 1 is 1.08 bits per heavy atom. The van der Waals surface area contributed by atoms with Crippen molar-refractivity contribution in [3.63, 3.8) is 0 Å². The molecule has 0 unspecified atom stereocenters. The van der Waals surface area contributed by atoms with E-state index in [4.69, 9.17) is 4.74 Å². The molecular formula is C19H22N6O. The van der Waals surface area contributed by atoms with E-state index in [1.807, 2.05) is 31.6 Å². The summed E-state index contributed by atoms with van der Waals surface area (Å²) in [7, 11) is 2.04. The Balaban J connectivity index is 1.42. The van der Waals surface area contributed by atoms with E-state index >= 15 is 0 Å². The fourth-order valence-corrected chi connectivity index (χ4v) is 3.33. The van der Waals surface area contributed by atoms with Gasteiger partial charge in [0.05, 0.1) is 12.7 Å². The maximum absolute atomic E-state index is 5.93. The lowest BCUT2D eigenvalue weighted by Crippen LogP contribution is -2.33. The van der Waals surface area contributed by atoms with Crippen molar-refractivity contribution in [3.05, 3.63) is 60.8 Å². The van der Waals surface area contributed by atoms with Crippen LogP contribution in [-0.2, 0) is 13.6 Å². The van der Waals surface area contributed by atoms with Crippen LogP contribution in [0, 0.1) is 0 Å². The minimum atomic E-state index is 0.355. The summed E-state index contributed by atoms with van der Waals surface area (Å²) in [6.07, 6.45) is 12.7. The molecule has 0 saturated carbocycles. The highest BCUT2D eigenvalue weighted by molar-refractivity contribution is 5.29. The molecule has 4 heterocycles. The van der Waals surface area contributed by atoms with Gasteiger partial charge in [-0.05, 0) is 38.1 Å². The van der Waals surface area contributed by atoms with Gasteiger partial charge in [0.15, 0.2) is 0 Å². The van der Waals surface area contributed by atoms with Crippen molar-refractivity contribution in [2.75, 3.05) is 13.1 Å². The molecule has 0 N–H and O–H groups in total. The van der Waals surface area contributed by atoms with Gasteiger partial charge in [-0.1, -0.05) is 0 Å². The molecule has 1 aliphatic rings. The first-order chi connectivity index (χ1) is 12.8. The van der Waals surface area contributed by atoms with Crippen LogP contribution in [0.5, 0.6) is 11.6 Å². The van der Waals surface area contributed by atoms with Crippen LogP contribution < -0.4 is 4.74 Å². The molecule has 7 nitrogen and oxygen atoms in total. The van der Waals surface area contributed by atoms with E-state index in [-0.39, 0.29) is 0 Å². The van der Waals surface area contributed by atoms with Gasteiger partial charge in [0, 0.05) is 43.9 Å². The molecule has 1 aliphatic heterocycles. The zero-order valence-electron chi connectivity index (χ0n) is 14.8. The first-order valence-electron chi connectivity index (χ1n) is 8.87. The summed E-state index contributed by atoms with van der Waals surface area (Å²) < 4.78 is 8.01. The van der Waals surface area contributed by atoms with Crippen molar-refractivity contribution < 1.29 is 4.74 Å². The molecule has 0 aromatic carbocycles. The maximum Gasteiger partial charge on any atom is 0.241 e. The summed E-state index contributed by atoms with van der Waals surface area (Å²) in [6.45, 7) is 2.91. The molecular weight excluding hydrogens is 328 g/mol. The topological polar surface area (TPSA) is 69.0 Å². The molecule has 0 bridgehead atoms. The van der Waals surface area contributed by atoms with Gasteiger partial charge >= 0.3 is 0 Å². The summed E-state index contributed by atoms with van der Waals surface area (Å²) in [6, 6.07) is 3.72. The average Bonchev–Trinajstić information content (AvgIpc) is 3.08. The lowest BCUT2D eigenvalue weighted by Gasteiger charge is -2.31. The Bertz CT molecular complexity index is 842. The number of aryl methyl sites for hydroxylation is 1. The molecule has 0 atom stereocenters. The standard InChI is InChI=1S/C19H22N6O/c1-24-12-9-21-17(24)14-25-10-4-15(5-11-25)18-19(23-8-7-22-18)26-16-3-2-6-20-13-16/h2-3,6-9,12-13,15H,4-5,10-11,14H2,1H3. The predicted octanol–water partition coefficient (Wildman–Crippen LogP) is 2.78. The number of hydrogen-bond acceptors (Lipinski definition) is 6. The van der Waals surface area contributed by atoms with Crippen LogP contribution in [0.2, 0.25) is 0 Å². The Hall–Kier alpha value is -2.80. The first-order valence-corrected chi connectivity index (χ1v) is 8.87. The predicted molar refractivity (Wildman–Crippen MR) is 96.8 cm³/mol. The number of imidazole rings is 1. The van der Waals surface area contributed by atoms with E-state index < -0.39 is 0 Å². The van der Waals surface area contributed by atoms with E-state index in [0.29, 0.717) is 17.5 Å². The minimum absolute atomic E-state index is 0.355. The van der Waals surface area contributed by atoms with Crippen molar-refractivity contribution in [2.45, 2.75) is 25.3 Å². The van der Waals surface area contributed by atoms with Crippen LogP contribution in [0.25, 0.3) is 0 Å². The van der Waals surface area contributed by atoms with Crippen LogP contribution in [0.4, 0.5) is 0 Å². The highest BCUT2D eigenvalue weighted by atomic mass is 16.5. The second-order valence-corrected chi connectivity index (χ2v) is 6.54. The van der Waals surface area contributed by atoms with Crippen LogP contribution in [0.3, 0.4) is 0 Å². The zero-order valence-corrected chi connectivity index (χ0v) is 14.8. The number of pyridine rings is 1. The molecule has 1 fully saturated rings. The van der Waals surface area contributed by atoms with Gasteiger partial charge in [-0.2, -0.15) is 0 Å². The van der Waals surface area contributed by atoms with Gasteiger partial charge in [0.2, 0.25) is 5.88 Å². The van der Waals surface area contributed by atoms with Gasteiger partial charge in [-0.3, -0.25) is 14.9 Å². The molecule has 3 aromatic rings. The summed E-state index contributed by atoms with van der Waals surface area (Å²) in [5.41, 5.74) is 0.938. The fraction of sp³-hybridized carbons (Fsp3) is 0.368. The summed E-state index contributed by atoms with van der Waals surface area (Å²) in [5, 5.41) is 0. The van der Waals surface area contributed by atoms with E-state index in [1.165, 1.54) is 0 Å². The fourth-order valence-electron chi connectivity index (χ4n) is 3.33. The van der Waals surface area contributed by atoms with Crippen LogP contribution in [0.15, 0.2) is 49.3 Å². The van der Waals surface area contributed by atoms with Crippen LogP contribution in [0.1, 0.15) is 30.3 Å². The van der Waals surface area contributed by atoms with Crippen LogP contribution in [-0.4, -0.2) is 42.5 Å². The number of piperidine rings is 1. The van der Waals surface area contributed by atoms with E-state index in [2.05, 4.69) is 29.4 Å². The molecule has 0 radical (unpaired) electrons. The molecule has 4 rings (SSSR count). The molecule has 7 heteroatoms. The first kappa shape index (κ1) is 16.7. The number of likely N-dealkylation sites (tertiary alicyclic amines) is 1. The molecule has 0 amide bonds. The van der Waals surface area contributed by atoms with Crippen LogP contribution >= 0.6 is 0 Å². The second kappa shape index (κ2) is 7.61. The third-order valence-corrected chi connectivity index (χ3v) is 4.80. The van der Waals surface area contributed by atoms with Crippen molar-refractivity contribution in [1.82, 2.24) is 29.4 Å². The van der Waals surface area contributed by atoms with E-state index in [1.54, 1.807) is 24.8 Å². The number of ether oxygens (including phenoxy) is 1. The molecule has 134 valence electrons. The Morgan fingerprint density at radius 2 is 1.92 bits per heavy atom. The van der Waals surface area contributed by atoms with Gasteiger partial charge in [0.25, 0.3) is 0 Å². The van der Waals surface area contributed by atoms with Crippen molar-refractivity contribution in [1.29, 1.82) is 0 Å². The minimum Gasteiger partial charge on any atom is -0.436 e. The third kappa shape index (κ3) is 3.72.